The first-order valence-corrected chi connectivity index (χ1v) is 9.47. The molecule has 0 saturated heterocycles. The Hall–Kier alpha value is -1.09. The molecule has 0 bridgehead atoms. The molecule has 22 heavy (non-hydrogen) atoms. The molecule has 1 aromatic rings. The lowest BCUT2D eigenvalue weighted by molar-refractivity contribution is -0.119. The molecule has 0 spiro atoms. The number of halogens is 5. The summed E-state index contributed by atoms with van der Waals surface area (Å²) in [7, 11) is -9.78. The summed E-state index contributed by atoms with van der Waals surface area (Å²) in [6.45, 7) is 0. The largest absolute Gasteiger partial charge is 0.310 e. The van der Waals surface area contributed by atoms with Crippen LogP contribution in [-0.4, -0.2) is 17.8 Å². The van der Waals surface area contributed by atoms with Crippen molar-refractivity contribution in [3.63, 3.8) is 0 Å². The van der Waals surface area contributed by atoms with Crippen LogP contribution in [0.15, 0.2) is 28.0 Å². The van der Waals surface area contributed by atoms with Gasteiger partial charge in [0, 0.05) is 16.4 Å². The monoisotopic (exact) mass is 360 g/mol. The lowest BCUT2D eigenvalue weighted by atomic mass is 10.0. The number of carbonyl (C=O) groups excluding carboxylic acids is 2. The number of carbonyl (C=O) groups is 2. The van der Waals surface area contributed by atoms with Gasteiger partial charge in [-0.25, -0.2) is 0 Å². The molecule has 2 rings (SSSR count). The molecule has 0 aliphatic heterocycles. The molecule has 1 aromatic carbocycles. The van der Waals surface area contributed by atoms with Crippen molar-refractivity contribution in [1.82, 2.24) is 0 Å². The van der Waals surface area contributed by atoms with Crippen LogP contribution in [0.25, 0.3) is 0 Å². The third-order valence-corrected chi connectivity index (χ3v) is 5.21. The third-order valence-electron chi connectivity index (χ3n) is 3.29. The number of hydrogen-bond acceptors (Lipinski definition) is 3. The number of hydrogen-bond donors (Lipinski definition) is 0. The van der Waals surface area contributed by atoms with Crippen LogP contribution in [0.3, 0.4) is 0 Å². The van der Waals surface area contributed by atoms with Crippen molar-refractivity contribution < 1.29 is 29.0 Å². The second-order valence-corrected chi connectivity index (χ2v) is 8.43. The van der Waals surface area contributed by atoms with Crippen LogP contribution < -0.4 is 0 Å². The van der Waals surface area contributed by atoms with Gasteiger partial charge in [0.15, 0.2) is 5.78 Å². The topological polar surface area (TPSA) is 34.1 Å². The predicted molar refractivity (Wildman–Crippen MR) is 76.3 cm³/mol. The molecule has 1 aliphatic rings. The van der Waals surface area contributed by atoms with Crippen LogP contribution in [-0.2, 0) is 4.79 Å². The zero-order valence-corrected chi connectivity index (χ0v) is 13.1. The van der Waals surface area contributed by atoms with Gasteiger partial charge in [-0.3, -0.25) is 9.59 Å². The molecule has 9 heteroatoms. The van der Waals surface area contributed by atoms with Gasteiger partial charge in [-0.05, 0) is 37.3 Å². The zero-order valence-electron chi connectivity index (χ0n) is 11.5. The van der Waals surface area contributed by atoms with E-state index in [0.717, 1.165) is 17.8 Å². The molecule has 0 radical (unpaired) electrons. The summed E-state index contributed by atoms with van der Waals surface area (Å²) in [5.41, 5.74) is -0.132. The molecule has 0 aromatic heterocycles. The molecular weight excluding hydrogens is 347 g/mol. The fourth-order valence-corrected chi connectivity index (χ4v) is 3.33. The van der Waals surface area contributed by atoms with Gasteiger partial charge >= 0.3 is 10.2 Å². The summed E-state index contributed by atoms with van der Waals surface area (Å²) in [6, 6.07) is 1.21. The van der Waals surface area contributed by atoms with Gasteiger partial charge in [-0.2, -0.15) is 0 Å². The summed E-state index contributed by atoms with van der Waals surface area (Å²) in [5, 5.41) is 0. The van der Waals surface area contributed by atoms with Crippen LogP contribution in [0.5, 0.6) is 0 Å². The standard InChI is InChI=1S/C13H13F5O2S2/c1-21-13-6-9(22(14,15,16,17)18)4-5-10(13)12(20)7-11(19)8-2-3-8/h4-6,8H,2-3,7H2,1H3. The van der Waals surface area contributed by atoms with E-state index in [1.807, 2.05) is 0 Å². The van der Waals surface area contributed by atoms with Gasteiger partial charge in [0.05, 0.1) is 6.42 Å². The highest BCUT2D eigenvalue weighted by Crippen LogP contribution is 3.02. The molecule has 2 nitrogen and oxygen atoms in total. The smallest absolute Gasteiger partial charge is 0.299 e. The van der Waals surface area contributed by atoms with Crippen molar-refractivity contribution in [3.8, 4) is 0 Å². The van der Waals surface area contributed by atoms with Crippen molar-refractivity contribution in [1.29, 1.82) is 0 Å². The Balaban J connectivity index is 2.34. The van der Waals surface area contributed by atoms with Gasteiger partial charge in [-0.1, -0.05) is 19.4 Å². The molecule has 0 amide bonds. The zero-order chi connectivity index (χ0) is 16.8. The molecule has 124 valence electrons. The average molecular weight is 360 g/mol. The first-order chi connectivity index (χ1) is 9.81. The van der Waals surface area contributed by atoms with E-state index < -0.39 is 27.3 Å². The van der Waals surface area contributed by atoms with E-state index in [9.17, 15) is 29.0 Å². The van der Waals surface area contributed by atoms with Crippen LogP contribution in [0.2, 0.25) is 0 Å². The van der Waals surface area contributed by atoms with Crippen molar-refractivity contribution in [2.24, 2.45) is 5.92 Å². The number of ketones is 2. The second kappa shape index (κ2) is 4.70. The van der Waals surface area contributed by atoms with Gasteiger partial charge < -0.3 is 0 Å². The third kappa shape index (κ3) is 4.01. The summed E-state index contributed by atoms with van der Waals surface area (Å²) < 4.78 is 63.9. The lowest BCUT2D eigenvalue weighted by Crippen LogP contribution is -2.12. The number of Topliss-reactive ketones (excluding diaryl/α,β-unsaturated/α-hetero) is 2. The molecular formula is C13H13F5O2S2. The Kier molecular flexibility index (Phi) is 3.69. The van der Waals surface area contributed by atoms with Gasteiger partial charge in [-0.15, -0.1) is 11.8 Å². The van der Waals surface area contributed by atoms with Gasteiger partial charge in [0.25, 0.3) is 0 Å². The molecule has 0 heterocycles. The number of benzene rings is 1. The Bertz CT molecular complexity index is 650. The highest BCUT2D eigenvalue weighted by Gasteiger charge is 2.65. The highest BCUT2D eigenvalue weighted by molar-refractivity contribution is 8.45. The van der Waals surface area contributed by atoms with Crippen LogP contribution in [0.1, 0.15) is 29.6 Å². The first kappa shape index (κ1) is 17.3. The number of thioether (sulfide) groups is 1. The van der Waals surface area contributed by atoms with Gasteiger partial charge in [0.2, 0.25) is 0 Å². The predicted octanol–water partition coefficient (Wildman–Crippen LogP) is 5.62. The summed E-state index contributed by atoms with van der Waals surface area (Å²) in [4.78, 5) is 21.3. The van der Waals surface area contributed by atoms with E-state index in [0.29, 0.717) is 12.8 Å². The summed E-state index contributed by atoms with van der Waals surface area (Å²) in [5.74, 6) is -1.05. The molecule has 0 N–H and O–H groups in total. The van der Waals surface area contributed by atoms with E-state index in [1.54, 1.807) is 0 Å². The van der Waals surface area contributed by atoms with Crippen molar-refractivity contribution in [3.05, 3.63) is 23.8 Å². The first-order valence-electron chi connectivity index (χ1n) is 6.30. The Morgan fingerprint density at radius 3 is 2.23 bits per heavy atom. The normalized spacial score (nSPS) is 18.5. The SMILES string of the molecule is CSc1cc(S(F)(F)(F)(F)F)ccc1C(=O)CC(=O)C1CC1. The molecule has 0 unspecified atom stereocenters. The second-order valence-electron chi connectivity index (χ2n) is 5.17. The average Bonchev–Trinajstić information content (AvgIpc) is 3.19. The minimum Gasteiger partial charge on any atom is -0.299 e. The molecule has 1 fully saturated rings. The maximum absolute atomic E-state index is 12.8. The van der Waals surface area contributed by atoms with Crippen molar-refractivity contribution in [2.75, 3.05) is 6.26 Å². The van der Waals surface area contributed by atoms with Crippen molar-refractivity contribution in [2.45, 2.75) is 29.1 Å². The molecule has 0 atom stereocenters. The molecule has 1 saturated carbocycles. The van der Waals surface area contributed by atoms with Gasteiger partial charge in [0.1, 0.15) is 10.7 Å². The summed E-state index contributed by atoms with van der Waals surface area (Å²) in [6.07, 6.45) is 2.40. The maximum atomic E-state index is 12.8. The number of rotatable bonds is 6. The maximum Gasteiger partial charge on any atom is 0.310 e. The van der Waals surface area contributed by atoms with E-state index in [2.05, 4.69) is 0 Å². The minimum absolute atomic E-state index is 0.132. The Morgan fingerprint density at radius 2 is 1.77 bits per heavy atom. The van der Waals surface area contributed by atoms with E-state index >= 15 is 0 Å². The lowest BCUT2D eigenvalue weighted by Gasteiger charge is -2.40. The van der Waals surface area contributed by atoms with Crippen LogP contribution >= 0.6 is 22.0 Å². The highest BCUT2D eigenvalue weighted by atomic mass is 32.5. The minimum atomic E-state index is -9.78. The Labute approximate surface area is 128 Å². The van der Waals surface area contributed by atoms with Crippen molar-refractivity contribution >= 4 is 33.6 Å². The summed E-state index contributed by atoms with van der Waals surface area (Å²) >= 11 is 0.756. The fourth-order valence-electron chi connectivity index (χ4n) is 1.94. The quantitative estimate of drug-likeness (QED) is 0.286. The fraction of sp³-hybridized carbons (Fsp3) is 0.385. The van der Waals surface area contributed by atoms with Crippen LogP contribution in [0.4, 0.5) is 19.4 Å². The Morgan fingerprint density at radius 1 is 1.18 bits per heavy atom. The van der Waals surface area contributed by atoms with E-state index in [-0.39, 0.29) is 34.3 Å². The van der Waals surface area contributed by atoms with Crippen LogP contribution in [0, 0.1) is 5.92 Å². The molecule has 1 aliphatic carbocycles. The van der Waals surface area contributed by atoms with E-state index in [1.165, 1.54) is 6.26 Å². The van der Waals surface area contributed by atoms with E-state index in [4.69, 9.17) is 0 Å².